The molecule has 19 heavy (non-hydrogen) atoms. The van der Waals surface area contributed by atoms with Crippen molar-refractivity contribution in [2.45, 2.75) is 26.8 Å². The Morgan fingerprint density at radius 1 is 1.42 bits per heavy atom. The van der Waals surface area contributed by atoms with Gasteiger partial charge in [0.2, 0.25) is 5.91 Å². The molecular formula is C13H19N3O3. The van der Waals surface area contributed by atoms with Crippen molar-refractivity contribution in [3.63, 3.8) is 0 Å². The van der Waals surface area contributed by atoms with Crippen molar-refractivity contribution in [3.05, 3.63) is 39.4 Å². The maximum Gasteiger partial charge on any atom is 0.272 e. The van der Waals surface area contributed by atoms with Crippen molar-refractivity contribution in [1.29, 1.82) is 0 Å². The first kappa shape index (κ1) is 15.1. The maximum atomic E-state index is 10.9. The molecule has 0 radical (unpaired) electrons. The summed E-state index contributed by atoms with van der Waals surface area (Å²) in [5.74, 6) is -0.0690. The molecule has 0 aromatic heterocycles. The van der Waals surface area contributed by atoms with E-state index in [9.17, 15) is 14.9 Å². The third-order valence-corrected chi connectivity index (χ3v) is 2.88. The number of amides is 1. The van der Waals surface area contributed by atoms with Gasteiger partial charge in [0.15, 0.2) is 0 Å². The van der Waals surface area contributed by atoms with Gasteiger partial charge in [-0.1, -0.05) is 12.1 Å². The van der Waals surface area contributed by atoms with E-state index in [0.717, 1.165) is 5.56 Å². The Labute approximate surface area is 112 Å². The van der Waals surface area contributed by atoms with Crippen LogP contribution in [0.15, 0.2) is 18.2 Å². The van der Waals surface area contributed by atoms with Gasteiger partial charge < -0.3 is 10.6 Å². The summed E-state index contributed by atoms with van der Waals surface area (Å²) in [5.41, 5.74) is 1.65. The molecule has 1 rings (SSSR count). The van der Waals surface area contributed by atoms with Crippen molar-refractivity contribution in [1.82, 2.24) is 10.6 Å². The molecule has 0 aliphatic heterocycles. The molecule has 0 fully saturated rings. The number of hydrogen-bond donors (Lipinski definition) is 2. The van der Waals surface area contributed by atoms with Crippen molar-refractivity contribution in [2.24, 2.45) is 0 Å². The number of nitro benzene ring substituents is 1. The van der Waals surface area contributed by atoms with Gasteiger partial charge in [-0.3, -0.25) is 14.9 Å². The lowest BCUT2D eigenvalue weighted by atomic mass is 10.0. The number of nitro groups is 1. The summed E-state index contributed by atoms with van der Waals surface area (Å²) in [5, 5.41) is 16.8. The Morgan fingerprint density at radius 2 is 2.11 bits per heavy atom. The van der Waals surface area contributed by atoms with Crippen LogP contribution in [0.3, 0.4) is 0 Å². The van der Waals surface area contributed by atoms with Crippen LogP contribution >= 0.6 is 0 Å². The molecule has 2 N–H and O–H groups in total. The summed E-state index contributed by atoms with van der Waals surface area (Å²) >= 11 is 0. The third kappa shape index (κ3) is 4.67. The molecule has 1 aromatic rings. The van der Waals surface area contributed by atoms with Crippen molar-refractivity contribution in [3.8, 4) is 0 Å². The highest BCUT2D eigenvalue weighted by atomic mass is 16.6. The summed E-state index contributed by atoms with van der Waals surface area (Å²) in [7, 11) is 0. The van der Waals surface area contributed by atoms with E-state index in [1.54, 1.807) is 19.1 Å². The third-order valence-electron chi connectivity index (χ3n) is 2.88. The molecule has 0 heterocycles. The van der Waals surface area contributed by atoms with Gasteiger partial charge >= 0.3 is 0 Å². The minimum Gasteiger partial charge on any atom is -0.355 e. The molecule has 0 aliphatic carbocycles. The molecular weight excluding hydrogens is 246 g/mol. The molecule has 1 atom stereocenters. The zero-order valence-corrected chi connectivity index (χ0v) is 11.4. The molecule has 6 heteroatoms. The fraction of sp³-hybridized carbons (Fsp3) is 0.462. The second-order valence-corrected chi connectivity index (χ2v) is 4.46. The molecule has 6 nitrogen and oxygen atoms in total. The van der Waals surface area contributed by atoms with E-state index in [-0.39, 0.29) is 22.6 Å². The number of benzene rings is 1. The molecule has 0 bridgehead atoms. The molecule has 1 amide bonds. The smallest absolute Gasteiger partial charge is 0.272 e. The topological polar surface area (TPSA) is 84.3 Å². The van der Waals surface area contributed by atoms with Crippen LogP contribution in [0, 0.1) is 17.0 Å². The number of nitrogens with zero attached hydrogens (tertiary/aromatic N) is 1. The summed E-state index contributed by atoms with van der Waals surface area (Å²) in [6.07, 6.45) is 0. The largest absolute Gasteiger partial charge is 0.355 e. The average Bonchev–Trinajstić information content (AvgIpc) is 2.34. The van der Waals surface area contributed by atoms with Gasteiger partial charge in [0.1, 0.15) is 0 Å². The first-order valence-corrected chi connectivity index (χ1v) is 6.14. The van der Waals surface area contributed by atoms with Gasteiger partial charge in [0, 0.05) is 37.7 Å². The zero-order chi connectivity index (χ0) is 14.4. The number of aryl methyl sites for hydroxylation is 1. The van der Waals surface area contributed by atoms with Crippen LogP contribution in [0.25, 0.3) is 0 Å². The van der Waals surface area contributed by atoms with Crippen LogP contribution in [0.5, 0.6) is 0 Å². The first-order valence-electron chi connectivity index (χ1n) is 6.14. The lowest BCUT2D eigenvalue weighted by Crippen LogP contribution is -2.31. The maximum absolute atomic E-state index is 10.9. The predicted molar refractivity (Wildman–Crippen MR) is 72.9 cm³/mol. The van der Waals surface area contributed by atoms with E-state index in [0.29, 0.717) is 18.7 Å². The van der Waals surface area contributed by atoms with Crippen LogP contribution in [-0.2, 0) is 4.79 Å². The monoisotopic (exact) mass is 265 g/mol. The van der Waals surface area contributed by atoms with Gasteiger partial charge in [0.05, 0.1) is 4.92 Å². The van der Waals surface area contributed by atoms with Gasteiger partial charge in [0.25, 0.3) is 5.69 Å². The molecule has 1 aromatic carbocycles. The average molecular weight is 265 g/mol. The fourth-order valence-electron chi connectivity index (χ4n) is 1.74. The van der Waals surface area contributed by atoms with E-state index in [4.69, 9.17) is 0 Å². The highest BCUT2D eigenvalue weighted by molar-refractivity contribution is 5.72. The lowest BCUT2D eigenvalue weighted by Gasteiger charge is -2.14. The molecule has 0 aliphatic rings. The van der Waals surface area contributed by atoms with Crippen LogP contribution < -0.4 is 10.6 Å². The number of carbonyl (C=O) groups is 1. The Morgan fingerprint density at radius 3 is 2.68 bits per heavy atom. The van der Waals surface area contributed by atoms with E-state index >= 15 is 0 Å². The summed E-state index contributed by atoms with van der Waals surface area (Å²) in [6, 6.07) is 5.21. The second-order valence-electron chi connectivity index (χ2n) is 4.46. The van der Waals surface area contributed by atoms with Crippen LogP contribution in [-0.4, -0.2) is 23.9 Å². The van der Waals surface area contributed by atoms with Gasteiger partial charge in [-0.2, -0.15) is 0 Å². The Hall–Kier alpha value is -1.95. The Bertz CT molecular complexity index is 474. The summed E-state index contributed by atoms with van der Waals surface area (Å²) < 4.78 is 0. The SMILES string of the molecule is CC(=O)NCCNC(C)c1ccc(C)c([N+](=O)[O-])c1. The number of carbonyl (C=O) groups excluding carboxylic acids is 1. The van der Waals surface area contributed by atoms with Gasteiger partial charge in [-0.15, -0.1) is 0 Å². The normalized spacial score (nSPS) is 11.9. The summed E-state index contributed by atoms with van der Waals surface area (Å²) in [6.45, 7) is 6.27. The molecule has 1 unspecified atom stereocenters. The quantitative estimate of drug-likeness (QED) is 0.465. The zero-order valence-electron chi connectivity index (χ0n) is 11.4. The predicted octanol–water partition coefficient (Wildman–Crippen LogP) is 1.69. The van der Waals surface area contributed by atoms with E-state index < -0.39 is 0 Å². The highest BCUT2D eigenvalue weighted by Gasteiger charge is 2.13. The van der Waals surface area contributed by atoms with Crippen molar-refractivity contribution >= 4 is 11.6 Å². The van der Waals surface area contributed by atoms with Crippen molar-refractivity contribution in [2.75, 3.05) is 13.1 Å². The molecule has 0 saturated heterocycles. The van der Waals surface area contributed by atoms with Gasteiger partial charge in [-0.25, -0.2) is 0 Å². The standard InChI is InChI=1S/C13H19N3O3/c1-9-4-5-12(8-13(9)16(18)19)10(2)14-6-7-15-11(3)17/h4-5,8,10,14H,6-7H2,1-3H3,(H,15,17). The van der Waals surface area contributed by atoms with Crippen LogP contribution in [0.2, 0.25) is 0 Å². The second kappa shape index (κ2) is 6.84. The van der Waals surface area contributed by atoms with Crippen molar-refractivity contribution < 1.29 is 9.72 Å². The Kier molecular flexibility index (Phi) is 5.44. The first-order chi connectivity index (χ1) is 8.91. The van der Waals surface area contributed by atoms with Crippen LogP contribution in [0.4, 0.5) is 5.69 Å². The Balaban J connectivity index is 2.62. The minimum atomic E-state index is -0.372. The van der Waals surface area contributed by atoms with Gasteiger partial charge in [-0.05, 0) is 19.4 Å². The highest BCUT2D eigenvalue weighted by Crippen LogP contribution is 2.22. The van der Waals surface area contributed by atoms with E-state index in [1.807, 2.05) is 13.0 Å². The number of hydrogen-bond acceptors (Lipinski definition) is 4. The molecule has 104 valence electrons. The van der Waals surface area contributed by atoms with Crippen LogP contribution in [0.1, 0.15) is 31.0 Å². The van der Waals surface area contributed by atoms with E-state index in [2.05, 4.69) is 10.6 Å². The van der Waals surface area contributed by atoms with E-state index in [1.165, 1.54) is 6.92 Å². The number of rotatable bonds is 6. The lowest BCUT2D eigenvalue weighted by molar-refractivity contribution is -0.385. The number of nitrogens with one attached hydrogen (secondary N) is 2. The molecule has 0 spiro atoms. The fourth-order valence-corrected chi connectivity index (χ4v) is 1.74. The minimum absolute atomic E-state index is 0.00643. The molecule has 0 saturated carbocycles. The summed E-state index contributed by atoms with van der Waals surface area (Å²) in [4.78, 5) is 21.2.